The molecule has 8 heteroatoms. The molecule has 3 rings (SSSR count). The van der Waals surface area contributed by atoms with Gasteiger partial charge in [0.1, 0.15) is 17.6 Å². The van der Waals surface area contributed by atoms with Crippen LogP contribution in [-0.4, -0.2) is 26.6 Å². The second kappa shape index (κ2) is 8.96. The molecule has 3 aromatic carbocycles. The van der Waals surface area contributed by atoms with E-state index < -0.39 is 27.8 Å². The molecule has 0 heterocycles. The average molecular weight is 428 g/mol. The Morgan fingerprint density at radius 1 is 0.967 bits per heavy atom. The van der Waals surface area contributed by atoms with Crippen LogP contribution in [0, 0.1) is 5.82 Å². The third-order valence-corrected chi connectivity index (χ3v) is 5.53. The molecule has 156 valence electrons. The van der Waals surface area contributed by atoms with Crippen LogP contribution >= 0.6 is 0 Å². The predicted molar refractivity (Wildman–Crippen MR) is 115 cm³/mol. The van der Waals surface area contributed by atoms with Crippen LogP contribution in [0.25, 0.3) is 0 Å². The number of carbonyl (C=O) groups is 1. The van der Waals surface area contributed by atoms with Gasteiger partial charge in [-0.15, -0.1) is 0 Å². The predicted octanol–water partition coefficient (Wildman–Crippen LogP) is 4.41. The topological polar surface area (TPSA) is 75.7 Å². The van der Waals surface area contributed by atoms with Gasteiger partial charge in [-0.05, 0) is 55.5 Å². The van der Waals surface area contributed by atoms with Gasteiger partial charge in [0.05, 0.1) is 17.6 Å². The van der Waals surface area contributed by atoms with Crippen LogP contribution in [-0.2, 0) is 14.8 Å². The van der Waals surface area contributed by atoms with Crippen molar-refractivity contribution in [2.24, 2.45) is 0 Å². The average Bonchev–Trinajstić information content (AvgIpc) is 2.71. The van der Waals surface area contributed by atoms with E-state index in [9.17, 15) is 17.6 Å². The van der Waals surface area contributed by atoms with E-state index in [4.69, 9.17) is 4.74 Å². The Kier molecular flexibility index (Phi) is 6.37. The molecular weight excluding hydrogens is 407 g/mol. The molecule has 6 nitrogen and oxygen atoms in total. The number of ether oxygens (including phenoxy) is 1. The van der Waals surface area contributed by atoms with Gasteiger partial charge >= 0.3 is 0 Å². The summed E-state index contributed by atoms with van der Waals surface area (Å²) in [5, 5.41) is 2.72. The van der Waals surface area contributed by atoms with Crippen LogP contribution in [0.3, 0.4) is 0 Å². The number of carbonyl (C=O) groups excluding carboxylic acids is 1. The number of sulfonamides is 1. The molecule has 0 aliphatic rings. The number of hydrogen-bond donors (Lipinski definition) is 1. The number of anilines is 2. The zero-order valence-corrected chi connectivity index (χ0v) is 17.3. The second-order valence-electron chi connectivity index (χ2n) is 6.61. The maximum Gasteiger partial charge on any atom is 0.248 e. The van der Waals surface area contributed by atoms with Crippen molar-refractivity contribution in [3.8, 4) is 11.5 Å². The molecule has 30 heavy (non-hydrogen) atoms. The number of amides is 1. The van der Waals surface area contributed by atoms with Crippen LogP contribution in [0.5, 0.6) is 11.5 Å². The molecule has 0 aliphatic heterocycles. The van der Waals surface area contributed by atoms with E-state index >= 15 is 0 Å². The van der Waals surface area contributed by atoms with Gasteiger partial charge in [-0.25, -0.2) is 12.8 Å². The van der Waals surface area contributed by atoms with Gasteiger partial charge in [0, 0.05) is 0 Å². The largest absolute Gasteiger partial charge is 0.455 e. The first-order valence-corrected chi connectivity index (χ1v) is 11.0. The fourth-order valence-electron chi connectivity index (χ4n) is 2.91. The quantitative estimate of drug-likeness (QED) is 0.605. The molecule has 1 N–H and O–H groups in total. The van der Waals surface area contributed by atoms with E-state index in [2.05, 4.69) is 5.32 Å². The van der Waals surface area contributed by atoms with E-state index in [0.717, 1.165) is 22.7 Å². The lowest BCUT2D eigenvalue weighted by Gasteiger charge is -2.28. The summed E-state index contributed by atoms with van der Waals surface area (Å²) in [7, 11) is -3.81. The molecule has 0 aliphatic carbocycles. The van der Waals surface area contributed by atoms with Gasteiger partial charge in [0.15, 0.2) is 5.75 Å². The summed E-state index contributed by atoms with van der Waals surface area (Å²) in [6, 6.07) is 19.7. The molecular formula is C22H21FN2O4S. The van der Waals surface area contributed by atoms with E-state index in [1.54, 1.807) is 36.4 Å². The molecule has 0 saturated carbocycles. The summed E-state index contributed by atoms with van der Waals surface area (Å²) in [6.45, 7) is 1.46. The van der Waals surface area contributed by atoms with Crippen LogP contribution < -0.4 is 14.4 Å². The Bertz CT molecular complexity index is 1120. The molecule has 0 radical (unpaired) electrons. The minimum atomic E-state index is -3.81. The number of benzene rings is 3. The third kappa shape index (κ3) is 5.15. The van der Waals surface area contributed by atoms with Crippen molar-refractivity contribution < 1.29 is 22.3 Å². The number of hydrogen-bond acceptors (Lipinski definition) is 4. The highest BCUT2D eigenvalue weighted by Gasteiger charge is 2.29. The SMILES string of the molecule is CC(C(=O)Nc1ccccc1Oc1ccccc1)N(c1ccc(F)cc1)S(C)(=O)=O. The molecule has 1 unspecified atom stereocenters. The van der Waals surface area contributed by atoms with Gasteiger partial charge in [0.25, 0.3) is 0 Å². The number of rotatable bonds is 7. The fraction of sp³-hybridized carbons (Fsp3) is 0.136. The van der Waals surface area contributed by atoms with E-state index in [1.165, 1.54) is 19.1 Å². The molecule has 1 amide bonds. The Labute approximate surface area is 175 Å². The zero-order valence-electron chi connectivity index (χ0n) is 16.4. The summed E-state index contributed by atoms with van der Waals surface area (Å²) < 4.78 is 44.7. The number of nitrogens with zero attached hydrogens (tertiary/aromatic N) is 1. The first-order chi connectivity index (χ1) is 14.3. The molecule has 0 saturated heterocycles. The zero-order chi connectivity index (χ0) is 21.7. The Balaban J connectivity index is 1.85. The van der Waals surface area contributed by atoms with E-state index in [1.807, 2.05) is 18.2 Å². The van der Waals surface area contributed by atoms with Crippen molar-refractivity contribution in [1.29, 1.82) is 0 Å². The van der Waals surface area contributed by atoms with Crippen molar-refractivity contribution in [3.63, 3.8) is 0 Å². The number of para-hydroxylation sites is 3. The number of halogens is 1. The van der Waals surface area contributed by atoms with Crippen molar-refractivity contribution in [2.45, 2.75) is 13.0 Å². The fourth-order valence-corrected chi connectivity index (χ4v) is 4.08. The molecule has 3 aromatic rings. The lowest BCUT2D eigenvalue weighted by Crippen LogP contribution is -2.45. The van der Waals surface area contributed by atoms with Crippen molar-refractivity contribution >= 4 is 27.3 Å². The third-order valence-electron chi connectivity index (χ3n) is 4.29. The summed E-state index contributed by atoms with van der Waals surface area (Å²) >= 11 is 0. The molecule has 1 atom stereocenters. The van der Waals surface area contributed by atoms with Crippen LogP contribution in [0.15, 0.2) is 78.9 Å². The van der Waals surface area contributed by atoms with Gasteiger partial charge in [-0.1, -0.05) is 30.3 Å². The van der Waals surface area contributed by atoms with Crippen LogP contribution in [0.4, 0.5) is 15.8 Å². The Morgan fingerprint density at radius 3 is 2.20 bits per heavy atom. The van der Waals surface area contributed by atoms with Crippen molar-refractivity contribution in [3.05, 3.63) is 84.7 Å². The first-order valence-electron chi connectivity index (χ1n) is 9.13. The van der Waals surface area contributed by atoms with Gasteiger partial charge in [-0.3, -0.25) is 9.10 Å². The van der Waals surface area contributed by atoms with E-state index in [-0.39, 0.29) is 5.69 Å². The summed E-state index contributed by atoms with van der Waals surface area (Å²) in [5.41, 5.74) is 0.584. The lowest BCUT2D eigenvalue weighted by molar-refractivity contribution is -0.116. The summed E-state index contributed by atoms with van der Waals surface area (Å²) in [5.74, 6) is -0.0570. The van der Waals surface area contributed by atoms with Gasteiger partial charge in [0.2, 0.25) is 15.9 Å². The molecule has 0 spiro atoms. The Hall–Kier alpha value is -3.39. The minimum Gasteiger partial charge on any atom is -0.455 e. The molecule has 0 fully saturated rings. The normalized spacial score (nSPS) is 12.1. The van der Waals surface area contributed by atoms with Crippen molar-refractivity contribution in [2.75, 3.05) is 15.9 Å². The summed E-state index contributed by atoms with van der Waals surface area (Å²) in [4.78, 5) is 12.9. The van der Waals surface area contributed by atoms with Crippen LogP contribution in [0.1, 0.15) is 6.92 Å². The number of nitrogens with one attached hydrogen (secondary N) is 1. The Morgan fingerprint density at radius 2 is 1.57 bits per heavy atom. The monoisotopic (exact) mass is 428 g/mol. The lowest BCUT2D eigenvalue weighted by atomic mass is 10.2. The van der Waals surface area contributed by atoms with Gasteiger partial charge < -0.3 is 10.1 Å². The standard InChI is InChI=1S/C22H21FN2O4S/c1-16(25(30(2,27)28)18-14-12-17(23)13-15-18)22(26)24-20-10-6-7-11-21(20)29-19-8-4-3-5-9-19/h3-16H,1-2H3,(H,24,26). The first kappa shape index (κ1) is 21.3. The maximum atomic E-state index is 13.3. The van der Waals surface area contributed by atoms with Crippen molar-refractivity contribution in [1.82, 2.24) is 0 Å². The smallest absolute Gasteiger partial charge is 0.248 e. The molecule has 0 aromatic heterocycles. The van der Waals surface area contributed by atoms with Gasteiger partial charge in [-0.2, -0.15) is 0 Å². The minimum absolute atomic E-state index is 0.190. The molecule has 0 bridgehead atoms. The highest BCUT2D eigenvalue weighted by Crippen LogP contribution is 2.30. The van der Waals surface area contributed by atoms with Crippen LogP contribution in [0.2, 0.25) is 0 Å². The highest BCUT2D eigenvalue weighted by atomic mass is 32.2. The maximum absolute atomic E-state index is 13.3. The second-order valence-corrected chi connectivity index (χ2v) is 8.47. The highest BCUT2D eigenvalue weighted by molar-refractivity contribution is 7.92. The van der Waals surface area contributed by atoms with E-state index in [0.29, 0.717) is 17.2 Å². The summed E-state index contributed by atoms with van der Waals surface area (Å²) in [6.07, 6.45) is 0.993.